The van der Waals surface area contributed by atoms with Crippen LogP contribution in [-0.2, 0) is 6.42 Å². The van der Waals surface area contributed by atoms with Gasteiger partial charge in [0.1, 0.15) is 0 Å². The summed E-state index contributed by atoms with van der Waals surface area (Å²) >= 11 is 0. The Morgan fingerprint density at radius 3 is 2.30 bits per heavy atom. The van der Waals surface area contributed by atoms with Gasteiger partial charge in [-0.3, -0.25) is 4.90 Å². The number of para-hydroxylation sites is 1. The van der Waals surface area contributed by atoms with Gasteiger partial charge in [0.05, 0.1) is 0 Å². The fourth-order valence-electron chi connectivity index (χ4n) is 4.15. The van der Waals surface area contributed by atoms with E-state index in [1.54, 1.807) is 0 Å². The zero-order valence-electron chi connectivity index (χ0n) is 16.8. The summed E-state index contributed by atoms with van der Waals surface area (Å²) in [6.07, 6.45) is 0.652. The molecule has 152 valence electrons. The summed E-state index contributed by atoms with van der Waals surface area (Å²) < 4.78 is 10.8. The van der Waals surface area contributed by atoms with Gasteiger partial charge in [-0.25, -0.2) is 4.79 Å². The van der Waals surface area contributed by atoms with Crippen LogP contribution in [0.25, 0.3) is 22.1 Å². The quantitative estimate of drug-likeness (QED) is 0.496. The molecule has 5 heteroatoms. The summed E-state index contributed by atoms with van der Waals surface area (Å²) in [7, 11) is 0. The molecule has 0 unspecified atom stereocenters. The molecule has 4 aromatic rings. The minimum absolute atomic E-state index is 0.550. The second-order valence-corrected chi connectivity index (χ2v) is 7.68. The molecule has 30 heavy (non-hydrogen) atoms. The highest BCUT2D eigenvalue weighted by molar-refractivity contribution is 5.86. The predicted octanol–water partition coefficient (Wildman–Crippen LogP) is 4.42. The largest absolute Gasteiger partial charge is 0.519 e. The highest BCUT2D eigenvalue weighted by Crippen LogP contribution is 2.27. The highest BCUT2D eigenvalue weighted by Gasteiger charge is 2.20. The lowest BCUT2D eigenvalue weighted by Crippen LogP contribution is -2.47. The van der Waals surface area contributed by atoms with E-state index >= 15 is 0 Å². The van der Waals surface area contributed by atoms with Crippen LogP contribution in [-0.4, -0.2) is 37.6 Å². The van der Waals surface area contributed by atoms with Gasteiger partial charge in [-0.1, -0.05) is 54.6 Å². The molecule has 0 atom stereocenters. The van der Waals surface area contributed by atoms with Crippen LogP contribution in [0.5, 0.6) is 0 Å². The Morgan fingerprint density at radius 2 is 1.50 bits per heavy atom. The van der Waals surface area contributed by atoms with Crippen LogP contribution in [0.3, 0.4) is 0 Å². The summed E-state index contributed by atoms with van der Waals surface area (Å²) in [6.45, 7) is 4.81. The van der Waals surface area contributed by atoms with Gasteiger partial charge < -0.3 is 13.7 Å². The highest BCUT2D eigenvalue weighted by atomic mass is 16.6. The zero-order valence-corrected chi connectivity index (χ0v) is 16.8. The summed E-state index contributed by atoms with van der Waals surface area (Å²) in [4.78, 5) is 16.7. The van der Waals surface area contributed by atoms with Crippen LogP contribution >= 0.6 is 0 Å². The van der Waals surface area contributed by atoms with Crippen molar-refractivity contribution in [3.63, 3.8) is 0 Å². The molecular weight excluding hydrogens is 376 g/mol. The van der Waals surface area contributed by atoms with Crippen molar-refractivity contribution in [2.75, 3.05) is 37.6 Å². The fourth-order valence-corrected chi connectivity index (χ4v) is 4.15. The van der Waals surface area contributed by atoms with Crippen molar-refractivity contribution in [2.24, 2.45) is 0 Å². The summed E-state index contributed by atoms with van der Waals surface area (Å²) in [5.41, 5.74) is 2.15. The summed E-state index contributed by atoms with van der Waals surface area (Å²) in [5, 5.41) is 2.27. The maximum absolute atomic E-state index is 11.8. The third-order valence-electron chi connectivity index (χ3n) is 5.81. The first kappa shape index (κ1) is 18.7. The Balaban J connectivity index is 1.27. The molecular formula is C25H24N2O3. The van der Waals surface area contributed by atoms with Gasteiger partial charge in [0, 0.05) is 50.4 Å². The van der Waals surface area contributed by atoms with E-state index in [2.05, 4.69) is 46.2 Å². The lowest BCUT2D eigenvalue weighted by molar-refractivity contribution is 0.254. The van der Waals surface area contributed by atoms with Crippen molar-refractivity contribution in [3.8, 4) is 11.3 Å². The predicted molar refractivity (Wildman–Crippen MR) is 119 cm³/mol. The van der Waals surface area contributed by atoms with Gasteiger partial charge in [-0.15, -0.1) is 0 Å². The molecule has 0 bridgehead atoms. The third-order valence-corrected chi connectivity index (χ3v) is 5.81. The number of benzene rings is 3. The number of fused-ring (bicyclic) bond motifs is 1. The maximum Gasteiger partial charge on any atom is 0.519 e. The normalized spacial score (nSPS) is 15.0. The van der Waals surface area contributed by atoms with E-state index < -0.39 is 5.82 Å². The van der Waals surface area contributed by atoms with Crippen LogP contribution < -0.4 is 10.7 Å². The maximum atomic E-state index is 11.8. The second-order valence-electron chi connectivity index (χ2n) is 7.68. The average molecular weight is 400 g/mol. The first-order chi connectivity index (χ1) is 14.8. The lowest BCUT2D eigenvalue weighted by Gasteiger charge is -2.36. The molecule has 0 radical (unpaired) electrons. The molecule has 1 aliphatic heterocycles. The average Bonchev–Trinajstić information content (AvgIpc) is 3.19. The number of hydrogen-bond donors (Lipinski definition) is 0. The summed E-state index contributed by atoms with van der Waals surface area (Å²) in [5.74, 6) is 0.538. The molecule has 1 aromatic heterocycles. The van der Waals surface area contributed by atoms with Crippen LogP contribution in [0.1, 0.15) is 5.76 Å². The smallest absolute Gasteiger partial charge is 0.395 e. The fraction of sp³-hybridized carbons (Fsp3) is 0.240. The summed E-state index contributed by atoms with van der Waals surface area (Å²) in [6, 6.07) is 24.8. The third kappa shape index (κ3) is 3.89. The number of nitrogens with zero attached hydrogens (tertiary/aromatic N) is 2. The van der Waals surface area contributed by atoms with Gasteiger partial charge in [-0.2, -0.15) is 0 Å². The topological polar surface area (TPSA) is 49.8 Å². The molecule has 0 amide bonds. The minimum Gasteiger partial charge on any atom is -0.395 e. The van der Waals surface area contributed by atoms with Crippen molar-refractivity contribution in [1.82, 2.24) is 4.90 Å². The Bertz CT molecular complexity index is 1190. The molecule has 1 aliphatic rings. The second kappa shape index (κ2) is 8.20. The minimum atomic E-state index is -0.637. The Kier molecular flexibility index (Phi) is 5.11. The zero-order chi connectivity index (χ0) is 20.3. The van der Waals surface area contributed by atoms with E-state index in [0.29, 0.717) is 17.9 Å². The first-order valence-electron chi connectivity index (χ1n) is 10.4. The monoisotopic (exact) mass is 400 g/mol. The van der Waals surface area contributed by atoms with Gasteiger partial charge in [-0.05, 0) is 29.0 Å². The Morgan fingerprint density at radius 1 is 0.767 bits per heavy atom. The Hall–Kier alpha value is -3.31. The SMILES string of the molecule is O=c1oc(CCN2CCN(c3ccccc3)CC2)c(-c2ccc3ccccc3c2)o1. The molecule has 0 N–H and O–H groups in total. The molecule has 5 rings (SSSR count). The number of anilines is 1. The molecule has 0 spiro atoms. The van der Waals surface area contributed by atoms with E-state index in [0.717, 1.165) is 49.1 Å². The van der Waals surface area contributed by atoms with E-state index in [-0.39, 0.29) is 0 Å². The van der Waals surface area contributed by atoms with Gasteiger partial charge in [0.25, 0.3) is 0 Å². The van der Waals surface area contributed by atoms with Gasteiger partial charge in [0.2, 0.25) is 0 Å². The van der Waals surface area contributed by atoms with Crippen LogP contribution in [0.15, 0.2) is 86.4 Å². The molecule has 3 aromatic carbocycles. The van der Waals surface area contributed by atoms with Crippen LogP contribution in [0.2, 0.25) is 0 Å². The number of piperazine rings is 1. The van der Waals surface area contributed by atoms with E-state index in [9.17, 15) is 4.79 Å². The van der Waals surface area contributed by atoms with Crippen molar-refractivity contribution in [1.29, 1.82) is 0 Å². The Labute approximate surface area is 175 Å². The van der Waals surface area contributed by atoms with Crippen LogP contribution in [0.4, 0.5) is 5.69 Å². The molecule has 0 saturated carbocycles. The lowest BCUT2D eigenvalue weighted by atomic mass is 10.0. The van der Waals surface area contributed by atoms with Crippen molar-refractivity contribution in [2.45, 2.75) is 6.42 Å². The molecule has 0 aliphatic carbocycles. The standard InChI is InChI=1S/C25H24N2O3/c28-25-29-23(24(30-25)21-11-10-19-6-4-5-7-20(19)18-21)12-13-26-14-16-27(17-15-26)22-8-2-1-3-9-22/h1-11,18H,12-17H2. The van der Waals surface area contributed by atoms with Gasteiger partial charge in [0.15, 0.2) is 11.5 Å². The number of rotatable bonds is 5. The van der Waals surface area contributed by atoms with E-state index in [4.69, 9.17) is 8.83 Å². The molecule has 1 saturated heterocycles. The molecule has 2 heterocycles. The van der Waals surface area contributed by atoms with E-state index in [1.807, 2.05) is 36.4 Å². The van der Waals surface area contributed by atoms with Crippen molar-refractivity contribution in [3.05, 3.63) is 89.2 Å². The first-order valence-corrected chi connectivity index (χ1v) is 10.4. The van der Waals surface area contributed by atoms with Crippen molar-refractivity contribution >= 4 is 16.5 Å². The number of hydrogen-bond acceptors (Lipinski definition) is 5. The van der Waals surface area contributed by atoms with Crippen LogP contribution in [0, 0.1) is 0 Å². The van der Waals surface area contributed by atoms with E-state index in [1.165, 1.54) is 5.69 Å². The molecule has 5 nitrogen and oxygen atoms in total. The van der Waals surface area contributed by atoms with Crippen molar-refractivity contribution < 1.29 is 8.83 Å². The van der Waals surface area contributed by atoms with Gasteiger partial charge >= 0.3 is 5.82 Å². The molecule has 1 fully saturated rings.